The van der Waals surface area contributed by atoms with Gasteiger partial charge in [-0.05, 0) is 66.7 Å². The number of benzene rings is 5. The zero-order chi connectivity index (χ0) is 35.7. The topological polar surface area (TPSA) is 165 Å². The molecular formula is C36H21F3N4O7. The van der Waals surface area contributed by atoms with Crippen LogP contribution in [0.4, 0.5) is 35.9 Å². The van der Waals surface area contributed by atoms with Gasteiger partial charge in [-0.25, -0.2) is 0 Å². The number of hydrogen-bond acceptors (Lipinski definition) is 7. The first-order valence-corrected chi connectivity index (χ1v) is 14.6. The van der Waals surface area contributed by atoms with Crippen LogP contribution in [0.25, 0.3) is 0 Å². The van der Waals surface area contributed by atoms with Crippen molar-refractivity contribution < 1.29 is 42.1 Å². The number of rotatable bonds is 7. The Morgan fingerprint density at radius 1 is 0.580 bits per heavy atom. The van der Waals surface area contributed by atoms with Gasteiger partial charge in [-0.15, -0.1) is 0 Å². The minimum Gasteiger partial charge on any atom is -0.322 e. The highest BCUT2D eigenvalue weighted by atomic mass is 19.4. The number of nitro benzene ring substituents is 1. The van der Waals surface area contributed by atoms with E-state index in [2.05, 4.69) is 16.0 Å². The Balaban J connectivity index is 1.27. The molecular weight excluding hydrogens is 657 g/mol. The summed E-state index contributed by atoms with van der Waals surface area (Å²) in [6, 6.07) is 22.8. The number of amides is 3. The van der Waals surface area contributed by atoms with Gasteiger partial charge in [0.15, 0.2) is 11.6 Å². The van der Waals surface area contributed by atoms with Gasteiger partial charge in [0.1, 0.15) is 0 Å². The highest BCUT2D eigenvalue weighted by molar-refractivity contribution is 6.33. The van der Waals surface area contributed by atoms with Crippen molar-refractivity contribution in [1.29, 1.82) is 0 Å². The lowest BCUT2D eigenvalue weighted by Crippen LogP contribution is -2.26. The van der Waals surface area contributed by atoms with Gasteiger partial charge >= 0.3 is 6.18 Å². The van der Waals surface area contributed by atoms with Crippen molar-refractivity contribution in [2.45, 2.75) is 6.18 Å². The number of hydrogen-bond donors (Lipinski definition) is 3. The van der Waals surface area contributed by atoms with Crippen LogP contribution in [0.15, 0.2) is 109 Å². The van der Waals surface area contributed by atoms with Crippen molar-refractivity contribution in [2.24, 2.45) is 0 Å². The summed E-state index contributed by atoms with van der Waals surface area (Å²) in [5.74, 6) is -3.53. The van der Waals surface area contributed by atoms with Gasteiger partial charge in [-0.2, -0.15) is 13.2 Å². The van der Waals surface area contributed by atoms with Crippen LogP contribution in [0.5, 0.6) is 0 Å². The van der Waals surface area contributed by atoms with E-state index >= 15 is 0 Å². The molecule has 0 fully saturated rings. The van der Waals surface area contributed by atoms with Gasteiger partial charge in [0.05, 0.1) is 33.0 Å². The van der Waals surface area contributed by atoms with Crippen molar-refractivity contribution in [2.75, 3.05) is 16.0 Å². The zero-order valence-corrected chi connectivity index (χ0v) is 25.3. The van der Waals surface area contributed by atoms with Crippen LogP contribution in [0.2, 0.25) is 0 Å². The first-order chi connectivity index (χ1) is 23.8. The molecule has 6 rings (SSSR count). The Hall–Kier alpha value is -6.96. The number of alkyl halides is 3. The molecule has 0 heterocycles. The summed E-state index contributed by atoms with van der Waals surface area (Å²) < 4.78 is 39.8. The van der Waals surface area contributed by atoms with Crippen molar-refractivity contribution >= 4 is 52.0 Å². The van der Waals surface area contributed by atoms with E-state index in [9.17, 15) is 47.3 Å². The Bertz CT molecular complexity index is 2250. The second-order valence-electron chi connectivity index (χ2n) is 10.9. The van der Waals surface area contributed by atoms with Crippen molar-refractivity contribution in [3.63, 3.8) is 0 Å². The predicted octanol–water partition coefficient (Wildman–Crippen LogP) is 7.15. The number of nitro groups is 1. The highest BCUT2D eigenvalue weighted by Gasteiger charge is 2.35. The van der Waals surface area contributed by atoms with E-state index in [1.807, 2.05) is 0 Å². The molecule has 0 saturated carbocycles. The van der Waals surface area contributed by atoms with Crippen LogP contribution in [-0.4, -0.2) is 34.2 Å². The molecule has 0 saturated heterocycles. The van der Waals surface area contributed by atoms with Gasteiger partial charge in [0, 0.05) is 45.6 Å². The Morgan fingerprint density at radius 2 is 1.06 bits per heavy atom. The molecule has 3 amide bonds. The maximum Gasteiger partial charge on any atom is 0.416 e. The largest absolute Gasteiger partial charge is 0.416 e. The number of carbonyl (C=O) groups is 5. The molecule has 11 nitrogen and oxygen atoms in total. The molecule has 0 atom stereocenters. The molecule has 50 heavy (non-hydrogen) atoms. The van der Waals surface area contributed by atoms with E-state index in [4.69, 9.17) is 0 Å². The lowest BCUT2D eigenvalue weighted by molar-refractivity contribution is -0.384. The fourth-order valence-corrected chi connectivity index (χ4v) is 5.30. The number of nitrogens with zero attached hydrogens (tertiary/aromatic N) is 1. The molecule has 5 aromatic carbocycles. The fraction of sp³-hybridized carbons (Fsp3) is 0.0278. The minimum atomic E-state index is -4.70. The average molecular weight is 679 g/mol. The number of halogens is 3. The normalized spacial score (nSPS) is 12.0. The summed E-state index contributed by atoms with van der Waals surface area (Å²) in [5.41, 5.74) is -1.64. The molecule has 0 spiro atoms. The van der Waals surface area contributed by atoms with E-state index in [1.165, 1.54) is 84.9 Å². The van der Waals surface area contributed by atoms with Crippen LogP contribution in [-0.2, 0) is 6.18 Å². The second kappa shape index (κ2) is 12.9. The molecule has 0 bridgehead atoms. The number of non-ortho nitro benzene ring substituents is 1. The summed E-state index contributed by atoms with van der Waals surface area (Å²) in [6.45, 7) is 0. The maximum absolute atomic E-state index is 13.8. The molecule has 0 unspecified atom stereocenters. The smallest absolute Gasteiger partial charge is 0.322 e. The van der Waals surface area contributed by atoms with Crippen LogP contribution in [0.1, 0.15) is 68.5 Å². The molecule has 1 aliphatic carbocycles. The molecule has 248 valence electrons. The summed E-state index contributed by atoms with van der Waals surface area (Å²) in [4.78, 5) is 76.9. The number of anilines is 3. The maximum atomic E-state index is 13.8. The molecule has 3 N–H and O–H groups in total. The average Bonchev–Trinajstić information content (AvgIpc) is 3.11. The van der Waals surface area contributed by atoms with E-state index in [1.54, 1.807) is 6.07 Å². The number of nitrogens with one attached hydrogen (secondary N) is 3. The van der Waals surface area contributed by atoms with E-state index < -0.39 is 46.0 Å². The lowest BCUT2D eigenvalue weighted by atomic mass is 9.82. The van der Waals surface area contributed by atoms with Crippen molar-refractivity contribution in [3.8, 4) is 0 Å². The molecule has 1 aliphatic rings. The lowest BCUT2D eigenvalue weighted by Gasteiger charge is -2.23. The number of fused-ring (bicyclic) bond motifs is 2. The van der Waals surface area contributed by atoms with Gasteiger partial charge in [-0.1, -0.05) is 30.3 Å². The van der Waals surface area contributed by atoms with Crippen LogP contribution >= 0.6 is 0 Å². The van der Waals surface area contributed by atoms with E-state index in [0.717, 1.165) is 12.1 Å². The zero-order valence-electron chi connectivity index (χ0n) is 25.3. The molecule has 0 radical (unpaired) electrons. The van der Waals surface area contributed by atoms with Gasteiger partial charge in [-0.3, -0.25) is 34.1 Å². The third-order valence-corrected chi connectivity index (χ3v) is 7.77. The molecule has 0 aromatic heterocycles. The first kappa shape index (κ1) is 33.0. The monoisotopic (exact) mass is 678 g/mol. The van der Waals surface area contributed by atoms with E-state index in [0.29, 0.717) is 11.8 Å². The van der Waals surface area contributed by atoms with Gasteiger partial charge < -0.3 is 16.0 Å². The summed E-state index contributed by atoms with van der Waals surface area (Å²) >= 11 is 0. The van der Waals surface area contributed by atoms with Gasteiger partial charge in [0.25, 0.3) is 23.4 Å². The van der Waals surface area contributed by atoms with Crippen LogP contribution < -0.4 is 16.0 Å². The van der Waals surface area contributed by atoms with E-state index in [-0.39, 0.29) is 56.0 Å². The Labute approximate surface area is 279 Å². The summed E-state index contributed by atoms with van der Waals surface area (Å²) in [6.07, 6.45) is -4.70. The third-order valence-electron chi connectivity index (χ3n) is 7.77. The van der Waals surface area contributed by atoms with Gasteiger partial charge in [0.2, 0.25) is 0 Å². The molecule has 5 aromatic rings. The van der Waals surface area contributed by atoms with Crippen molar-refractivity contribution in [3.05, 3.63) is 164 Å². The van der Waals surface area contributed by atoms with Crippen LogP contribution in [0.3, 0.4) is 0 Å². The Kier molecular flexibility index (Phi) is 8.51. The Morgan fingerprint density at radius 3 is 1.54 bits per heavy atom. The summed E-state index contributed by atoms with van der Waals surface area (Å²) in [5, 5.41) is 18.5. The molecule has 0 aliphatic heterocycles. The standard InChI is InChI=1S/C36H21F3N4O7/c37-36(38,39)22-5-3-4-21(18-22)35(48)42-28-17-16-27(29-30(28)32(45)26-7-2-1-6-25(26)31(29)44)41-34(47)20-10-8-19(9-11-20)33(46)40-23-12-14-24(15-13-23)43(49)50/h1-18H,(H,40,46)(H,41,47)(H,42,48). The molecule has 14 heteroatoms. The summed E-state index contributed by atoms with van der Waals surface area (Å²) in [7, 11) is 0. The first-order valence-electron chi connectivity index (χ1n) is 14.6. The highest BCUT2D eigenvalue weighted by Crippen LogP contribution is 2.37. The second-order valence-corrected chi connectivity index (χ2v) is 10.9. The third kappa shape index (κ3) is 6.44. The van der Waals surface area contributed by atoms with Crippen LogP contribution in [0, 0.1) is 10.1 Å². The SMILES string of the molecule is O=C(Nc1ccc([N+](=O)[O-])cc1)c1ccc(C(=O)Nc2ccc(NC(=O)c3cccc(C(F)(F)F)c3)c3c2C(=O)c2ccccc2C3=O)cc1. The quantitative estimate of drug-likeness (QED) is 0.119. The fourth-order valence-electron chi connectivity index (χ4n) is 5.30. The predicted molar refractivity (Wildman–Crippen MR) is 175 cm³/mol. The minimum absolute atomic E-state index is 0.0330. The van der Waals surface area contributed by atoms with Crippen molar-refractivity contribution in [1.82, 2.24) is 0 Å². The number of ketones is 2. The number of carbonyl (C=O) groups excluding carboxylic acids is 5.